The highest BCUT2D eigenvalue weighted by Gasteiger charge is 2.31. The Bertz CT molecular complexity index is 444. The van der Waals surface area contributed by atoms with Crippen LogP contribution >= 0.6 is 0 Å². The zero-order valence-corrected chi connectivity index (χ0v) is 9.86. The fourth-order valence-electron chi connectivity index (χ4n) is 2.12. The van der Waals surface area contributed by atoms with Crippen LogP contribution in [-0.2, 0) is 16.3 Å². The molecule has 0 saturated carbocycles. The van der Waals surface area contributed by atoms with Crippen molar-refractivity contribution in [1.82, 2.24) is 4.98 Å². The van der Waals surface area contributed by atoms with Gasteiger partial charge in [-0.1, -0.05) is 6.07 Å². The molecule has 1 aromatic rings. The van der Waals surface area contributed by atoms with Gasteiger partial charge in [-0.2, -0.15) is 0 Å². The second-order valence-corrected chi connectivity index (χ2v) is 6.62. The van der Waals surface area contributed by atoms with Gasteiger partial charge < -0.3 is 5.73 Å². The number of hydrogen-bond acceptors (Lipinski definition) is 4. The van der Waals surface area contributed by atoms with Crippen molar-refractivity contribution in [2.75, 3.05) is 11.5 Å². The van der Waals surface area contributed by atoms with E-state index in [-0.39, 0.29) is 17.7 Å². The summed E-state index contributed by atoms with van der Waals surface area (Å²) in [5.74, 6) is 0.637. The molecule has 0 amide bonds. The molecule has 0 radical (unpaired) electrons. The summed E-state index contributed by atoms with van der Waals surface area (Å²) < 4.78 is 22.7. The van der Waals surface area contributed by atoms with Gasteiger partial charge in [-0.25, -0.2) is 8.42 Å². The van der Waals surface area contributed by atoms with Crippen LogP contribution < -0.4 is 5.73 Å². The molecule has 0 aromatic carbocycles. The first-order valence-electron chi connectivity index (χ1n) is 5.42. The molecule has 0 aliphatic carbocycles. The standard InChI is InChI=1S/C11H16N2O2S/c12-11(6-9-2-1-4-13-7-9)10-3-5-16(14,15)8-10/h1-2,4,7,10-11H,3,5-6,8,12H2. The van der Waals surface area contributed by atoms with Crippen molar-refractivity contribution in [3.05, 3.63) is 30.1 Å². The quantitative estimate of drug-likeness (QED) is 0.829. The summed E-state index contributed by atoms with van der Waals surface area (Å²) in [6.45, 7) is 0. The van der Waals surface area contributed by atoms with Crippen LogP contribution in [0.2, 0.25) is 0 Å². The van der Waals surface area contributed by atoms with E-state index in [1.807, 2.05) is 12.1 Å². The fourth-order valence-corrected chi connectivity index (χ4v) is 4.01. The predicted octanol–water partition coefficient (Wildman–Crippen LogP) is 0.386. The van der Waals surface area contributed by atoms with Crippen LogP contribution in [0.5, 0.6) is 0 Å². The van der Waals surface area contributed by atoms with Crippen molar-refractivity contribution in [1.29, 1.82) is 0 Å². The fraction of sp³-hybridized carbons (Fsp3) is 0.545. The van der Waals surface area contributed by atoms with Crippen LogP contribution in [0, 0.1) is 5.92 Å². The van der Waals surface area contributed by atoms with Crippen LogP contribution in [0.4, 0.5) is 0 Å². The van der Waals surface area contributed by atoms with E-state index in [0.717, 1.165) is 5.56 Å². The lowest BCUT2D eigenvalue weighted by Gasteiger charge is -2.17. The van der Waals surface area contributed by atoms with Gasteiger partial charge in [0, 0.05) is 18.4 Å². The number of pyridine rings is 1. The van der Waals surface area contributed by atoms with Gasteiger partial charge >= 0.3 is 0 Å². The molecule has 2 unspecified atom stereocenters. The molecule has 2 heterocycles. The highest BCUT2D eigenvalue weighted by atomic mass is 32.2. The minimum absolute atomic E-state index is 0.0820. The second-order valence-electron chi connectivity index (χ2n) is 4.39. The molecule has 0 bridgehead atoms. The zero-order chi connectivity index (χ0) is 11.6. The first-order valence-corrected chi connectivity index (χ1v) is 7.24. The molecule has 2 N–H and O–H groups in total. The number of hydrogen-bond donors (Lipinski definition) is 1. The number of rotatable bonds is 3. The van der Waals surface area contributed by atoms with Gasteiger partial charge in [0.1, 0.15) is 0 Å². The Labute approximate surface area is 95.8 Å². The molecule has 0 spiro atoms. The van der Waals surface area contributed by atoms with Crippen molar-refractivity contribution in [3.8, 4) is 0 Å². The summed E-state index contributed by atoms with van der Waals surface area (Å²) >= 11 is 0. The van der Waals surface area contributed by atoms with Crippen molar-refractivity contribution < 1.29 is 8.42 Å². The normalized spacial score (nSPS) is 25.4. The van der Waals surface area contributed by atoms with Gasteiger partial charge in [0.15, 0.2) is 9.84 Å². The maximum atomic E-state index is 11.3. The predicted molar refractivity (Wildman–Crippen MR) is 62.7 cm³/mol. The van der Waals surface area contributed by atoms with Gasteiger partial charge in [-0.05, 0) is 30.4 Å². The van der Waals surface area contributed by atoms with E-state index in [1.165, 1.54) is 0 Å². The van der Waals surface area contributed by atoms with Crippen LogP contribution in [0.25, 0.3) is 0 Å². The summed E-state index contributed by atoms with van der Waals surface area (Å²) in [7, 11) is -2.83. The highest BCUT2D eigenvalue weighted by Crippen LogP contribution is 2.22. The van der Waals surface area contributed by atoms with Crippen LogP contribution in [0.15, 0.2) is 24.5 Å². The number of aromatic nitrogens is 1. The monoisotopic (exact) mass is 240 g/mol. The molecule has 2 atom stereocenters. The van der Waals surface area contributed by atoms with Crippen molar-refractivity contribution >= 4 is 9.84 Å². The maximum absolute atomic E-state index is 11.3. The smallest absolute Gasteiger partial charge is 0.150 e. The van der Waals surface area contributed by atoms with E-state index in [9.17, 15) is 8.42 Å². The van der Waals surface area contributed by atoms with Gasteiger partial charge in [0.2, 0.25) is 0 Å². The molecule has 1 aliphatic rings. The Morgan fingerprint density at radius 3 is 2.94 bits per heavy atom. The molecule has 16 heavy (non-hydrogen) atoms. The molecule has 88 valence electrons. The lowest BCUT2D eigenvalue weighted by Crippen LogP contribution is -2.33. The number of nitrogens with two attached hydrogens (primary N) is 1. The maximum Gasteiger partial charge on any atom is 0.150 e. The summed E-state index contributed by atoms with van der Waals surface area (Å²) in [5.41, 5.74) is 7.11. The Morgan fingerprint density at radius 2 is 2.38 bits per heavy atom. The lowest BCUT2D eigenvalue weighted by molar-refractivity contribution is 0.460. The average molecular weight is 240 g/mol. The molecule has 1 fully saturated rings. The van der Waals surface area contributed by atoms with Crippen LogP contribution in [-0.4, -0.2) is 30.9 Å². The van der Waals surface area contributed by atoms with Crippen molar-refractivity contribution in [2.45, 2.75) is 18.9 Å². The van der Waals surface area contributed by atoms with Crippen molar-refractivity contribution in [3.63, 3.8) is 0 Å². The summed E-state index contributed by atoms with van der Waals surface area (Å²) in [4.78, 5) is 4.02. The number of nitrogens with zero attached hydrogens (tertiary/aromatic N) is 1. The van der Waals surface area contributed by atoms with Gasteiger partial charge in [0.05, 0.1) is 11.5 Å². The molecular weight excluding hydrogens is 224 g/mol. The zero-order valence-electron chi connectivity index (χ0n) is 9.04. The minimum Gasteiger partial charge on any atom is -0.327 e. The van der Waals surface area contributed by atoms with E-state index in [0.29, 0.717) is 18.6 Å². The van der Waals surface area contributed by atoms with E-state index >= 15 is 0 Å². The average Bonchev–Trinajstić information content (AvgIpc) is 2.60. The van der Waals surface area contributed by atoms with E-state index < -0.39 is 9.84 Å². The van der Waals surface area contributed by atoms with E-state index in [1.54, 1.807) is 12.4 Å². The third-order valence-electron chi connectivity index (χ3n) is 3.07. The van der Waals surface area contributed by atoms with E-state index in [4.69, 9.17) is 5.73 Å². The third kappa shape index (κ3) is 2.80. The molecule has 1 aromatic heterocycles. The third-order valence-corrected chi connectivity index (χ3v) is 4.86. The molecule has 1 saturated heterocycles. The van der Waals surface area contributed by atoms with Crippen molar-refractivity contribution in [2.24, 2.45) is 11.7 Å². The Balaban J connectivity index is 1.97. The SMILES string of the molecule is NC(Cc1cccnc1)C1CCS(=O)(=O)C1. The first kappa shape index (κ1) is 11.5. The lowest BCUT2D eigenvalue weighted by atomic mass is 9.94. The van der Waals surface area contributed by atoms with Gasteiger partial charge in [-0.3, -0.25) is 4.98 Å². The summed E-state index contributed by atoms with van der Waals surface area (Å²) in [6, 6.07) is 3.76. The topological polar surface area (TPSA) is 73.0 Å². The van der Waals surface area contributed by atoms with E-state index in [2.05, 4.69) is 4.98 Å². The highest BCUT2D eigenvalue weighted by molar-refractivity contribution is 7.91. The number of sulfone groups is 1. The molecule has 4 nitrogen and oxygen atoms in total. The molecule has 5 heteroatoms. The van der Waals surface area contributed by atoms with Crippen LogP contribution in [0.1, 0.15) is 12.0 Å². The molecular formula is C11H16N2O2S. The molecule has 1 aliphatic heterocycles. The summed E-state index contributed by atoms with van der Waals surface area (Å²) in [6.07, 6.45) is 4.90. The first-order chi connectivity index (χ1) is 7.57. The Kier molecular flexibility index (Phi) is 3.25. The second kappa shape index (κ2) is 4.51. The largest absolute Gasteiger partial charge is 0.327 e. The Hall–Kier alpha value is -0.940. The van der Waals surface area contributed by atoms with Gasteiger partial charge in [-0.15, -0.1) is 0 Å². The Morgan fingerprint density at radius 1 is 1.56 bits per heavy atom. The van der Waals surface area contributed by atoms with Gasteiger partial charge in [0.25, 0.3) is 0 Å². The van der Waals surface area contributed by atoms with Crippen LogP contribution in [0.3, 0.4) is 0 Å². The summed E-state index contributed by atoms with van der Waals surface area (Å²) in [5, 5.41) is 0. The minimum atomic E-state index is -2.83. The molecule has 2 rings (SSSR count).